The summed E-state index contributed by atoms with van der Waals surface area (Å²) in [6.45, 7) is -0.00634. The minimum absolute atomic E-state index is 0.00634. The third-order valence-electron chi connectivity index (χ3n) is 3.00. The second-order valence-corrected chi connectivity index (χ2v) is 4.43. The van der Waals surface area contributed by atoms with Gasteiger partial charge in [-0.25, -0.2) is 5.43 Å². The molecule has 0 radical (unpaired) electrons. The number of ether oxygens (including phenoxy) is 1. The molecule has 0 heterocycles. The van der Waals surface area contributed by atoms with Crippen molar-refractivity contribution in [1.82, 2.24) is 5.43 Å². The zero-order valence-electron chi connectivity index (χ0n) is 11.1. The van der Waals surface area contributed by atoms with Crippen LogP contribution in [0.2, 0.25) is 0 Å². The number of halogens is 3. The Hall–Kier alpha value is -2.05. The molecular formula is C15H15F3N2O. The first-order valence-corrected chi connectivity index (χ1v) is 6.32. The number of para-hydroxylation sites is 1. The standard InChI is InChI=1S/C15H15F3N2O/c16-15(17,18)13-9-5-4-8-12(13)14(20-19)10-21-11-6-2-1-3-7-11/h1-9,14,20H,10,19H2. The summed E-state index contributed by atoms with van der Waals surface area (Å²) in [6.07, 6.45) is -4.43. The smallest absolute Gasteiger partial charge is 0.416 e. The Morgan fingerprint density at radius 2 is 1.62 bits per heavy atom. The Morgan fingerprint density at radius 3 is 2.24 bits per heavy atom. The lowest BCUT2D eigenvalue weighted by atomic mass is 10.0. The van der Waals surface area contributed by atoms with Gasteiger partial charge in [0.15, 0.2) is 0 Å². The van der Waals surface area contributed by atoms with Crippen molar-refractivity contribution in [2.75, 3.05) is 6.61 Å². The van der Waals surface area contributed by atoms with Crippen molar-refractivity contribution in [3.05, 3.63) is 65.7 Å². The number of hydrogen-bond donors (Lipinski definition) is 2. The van der Waals surface area contributed by atoms with Crippen LogP contribution >= 0.6 is 0 Å². The average Bonchev–Trinajstić information content (AvgIpc) is 2.48. The predicted molar refractivity (Wildman–Crippen MR) is 73.4 cm³/mol. The molecule has 0 aromatic heterocycles. The summed E-state index contributed by atoms with van der Waals surface area (Å²) >= 11 is 0. The summed E-state index contributed by atoms with van der Waals surface area (Å²) < 4.78 is 44.5. The van der Waals surface area contributed by atoms with Crippen LogP contribution in [0, 0.1) is 0 Å². The summed E-state index contributed by atoms with van der Waals surface area (Å²) in [5.41, 5.74) is 1.72. The molecule has 0 saturated heterocycles. The highest BCUT2D eigenvalue weighted by Crippen LogP contribution is 2.34. The van der Waals surface area contributed by atoms with Gasteiger partial charge in [0.2, 0.25) is 0 Å². The Balaban J connectivity index is 2.18. The van der Waals surface area contributed by atoms with Crippen molar-refractivity contribution in [3.8, 4) is 5.75 Å². The predicted octanol–water partition coefficient (Wildman–Crippen LogP) is 3.29. The van der Waals surface area contributed by atoms with Crippen LogP contribution in [0.4, 0.5) is 13.2 Å². The quantitative estimate of drug-likeness (QED) is 0.657. The van der Waals surface area contributed by atoms with Gasteiger partial charge >= 0.3 is 6.18 Å². The highest BCUT2D eigenvalue weighted by Gasteiger charge is 2.34. The molecule has 0 spiro atoms. The Kier molecular flexibility index (Phi) is 4.82. The summed E-state index contributed by atoms with van der Waals surface area (Å²) in [5.74, 6) is 5.96. The summed E-state index contributed by atoms with van der Waals surface area (Å²) in [6, 6.07) is 13.4. The second-order valence-electron chi connectivity index (χ2n) is 4.43. The molecule has 2 rings (SSSR count). The van der Waals surface area contributed by atoms with Gasteiger partial charge in [0, 0.05) is 0 Å². The number of nitrogens with one attached hydrogen (secondary N) is 1. The van der Waals surface area contributed by atoms with E-state index in [9.17, 15) is 13.2 Å². The number of nitrogens with two attached hydrogens (primary N) is 1. The summed E-state index contributed by atoms with van der Waals surface area (Å²) in [5, 5.41) is 0. The molecule has 0 amide bonds. The fourth-order valence-corrected chi connectivity index (χ4v) is 1.98. The van der Waals surface area contributed by atoms with Crippen LogP contribution in [-0.4, -0.2) is 6.61 Å². The molecule has 0 aliphatic heterocycles. The molecule has 0 bridgehead atoms. The first-order valence-electron chi connectivity index (χ1n) is 6.32. The third kappa shape index (κ3) is 3.96. The molecule has 112 valence electrons. The molecule has 3 nitrogen and oxygen atoms in total. The van der Waals surface area contributed by atoms with E-state index < -0.39 is 17.8 Å². The Bertz CT molecular complexity index is 573. The molecule has 0 aliphatic carbocycles. The fraction of sp³-hybridized carbons (Fsp3) is 0.200. The molecule has 3 N–H and O–H groups in total. The second kappa shape index (κ2) is 6.60. The van der Waals surface area contributed by atoms with Gasteiger partial charge in [-0.15, -0.1) is 0 Å². The van der Waals surface area contributed by atoms with Crippen LogP contribution in [0.5, 0.6) is 5.75 Å². The topological polar surface area (TPSA) is 47.3 Å². The third-order valence-corrected chi connectivity index (χ3v) is 3.00. The van der Waals surface area contributed by atoms with Crippen molar-refractivity contribution < 1.29 is 17.9 Å². The van der Waals surface area contributed by atoms with E-state index in [1.165, 1.54) is 18.2 Å². The fourth-order valence-electron chi connectivity index (χ4n) is 1.98. The number of benzene rings is 2. The molecule has 0 aliphatic rings. The van der Waals surface area contributed by atoms with E-state index in [1.54, 1.807) is 24.3 Å². The van der Waals surface area contributed by atoms with Crippen LogP contribution in [0.15, 0.2) is 54.6 Å². The normalized spacial score (nSPS) is 13.0. The van der Waals surface area contributed by atoms with Gasteiger partial charge in [-0.3, -0.25) is 5.84 Å². The summed E-state index contributed by atoms with van der Waals surface area (Å²) in [4.78, 5) is 0. The van der Waals surface area contributed by atoms with E-state index in [4.69, 9.17) is 10.6 Å². The molecule has 2 aromatic carbocycles. The van der Waals surface area contributed by atoms with Crippen LogP contribution in [0.25, 0.3) is 0 Å². The molecule has 1 unspecified atom stereocenters. The lowest BCUT2D eigenvalue weighted by molar-refractivity contribution is -0.138. The number of alkyl halides is 3. The Morgan fingerprint density at radius 1 is 1.00 bits per heavy atom. The molecule has 6 heteroatoms. The largest absolute Gasteiger partial charge is 0.492 e. The lowest BCUT2D eigenvalue weighted by Gasteiger charge is -2.21. The van der Waals surface area contributed by atoms with Gasteiger partial charge in [0.25, 0.3) is 0 Å². The van der Waals surface area contributed by atoms with Crippen LogP contribution in [0.3, 0.4) is 0 Å². The van der Waals surface area contributed by atoms with Gasteiger partial charge in [0.1, 0.15) is 12.4 Å². The monoisotopic (exact) mass is 296 g/mol. The lowest BCUT2D eigenvalue weighted by Crippen LogP contribution is -2.33. The molecule has 21 heavy (non-hydrogen) atoms. The maximum absolute atomic E-state index is 13.0. The summed E-state index contributed by atoms with van der Waals surface area (Å²) in [7, 11) is 0. The highest BCUT2D eigenvalue weighted by atomic mass is 19.4. The average molecular weight is 296 g/mol. The zero-order chi connectivity index (χ0) is 15.3. The van der Waals surface area contributed by atoms with E-state index in [0.29, 0.717) is 5.75 Å². The number of rotatable bonds is 5. The minimum Gasteiger partial charge on any atom is -0.492 e. The SMILES string of the molecule is NNC(COc1ccccc1)c1ccccc1C(F)(F)F. The van der Waals surface area contributed by atoms with Gasteiger partial charge in [-0.2, -0.15) is 13.2 Å². The van der Waals surface area contributed by atoms with Gasteiger partial charge in [-0.1, -0.05) is 36.4 Å². The zero-order valence-corrected chi connectivity index (χ0v) is 11.1. The molecule has 0 fully saturated rings. The molecule has 0 saturated carbocycles. The first-order chi connectivity index (χ1) is 10.0. The van der Waals surface area contributed by atoms with Crippen LogP contribution < -0.4 is 16.0 Å². The van der Waals surface area contributed by atoms with Crippen molar-refractivity contribution in [1.29, 1.82) is 0 Å². The van der Waals surface area contributed by atoms with Crippen molar-refractivity contribution in [2.45, 2.75) is 12.2 Å². The van der Waals surface area contributed by atoms with E-state index in [-0.39, 0.29) is 12.2 Å². The van der Waals surface area contributed by atoms with Crippen molar-refractivity contribution in [3.63, 3.8) is 0 Å². The number of hydrazine groups is 1. The van der Waals surface area contributed by atoms with Crippen molar-refractivity contribution >= 4 is 0 Å². The molecule has 2 aromatic rings. The Labute approximate surface area is 120 Å². The van der Waals surface area contributed by atoms with Crippen LogP contribution in [0.1, 0.15) is 17.2 Å². The van der Waals surface area contributed by atoms with E-state index in [1.807, 2.05) is 6.07 Å². The van der Waals surface area contributed by atoms with E-state index >= 15 is 0 Å². The number of hydrogen-bond acceptors (Lipinski definition) is 3. The minimum atomic E-state index is -4.43. The highest BCUT2D eigenvalue weighted by molar-refractivity contribution is 5.32. The van der Waals surface area contributed by atoms with Gasteiger partial charge < -0.3 is 4.74 Å². The van der Waals surface area contributed by atoms with E-state index in [0.717, 1.165) is 6.07 Å². The molecular weight excluding hydrogens is 281 g/mol. The van der Waals surface area contributed by atoms with Crippen molar-refractivity contribution in [2.24, 2.45) is 5.84 Å². The van der Waals surface area contributed by atoms with Crippen LogP contribution in [-0.2, 0) is 6.18 Å². The first kappa shape index (κ1) is 15.3. The van der Waals surface area contributed by atoms with E-state index in [2.05, 4.69) is 5.43 Å². The maximum Gasteiger partial charge on any atom is 0.416 e. The van der Waals surface area contributed by atoms with Gasteiger partial charge in [-0.05, 0) is 23.8 Å². The van der Waals surface area contributed by atoms with Gasteiger partial charge in [0.05, 0.1) is 11.6 Å². The maximum atomic E-state index is 13.0. The molecule has 1 atom stereocenters.